The summed E-state index contributed by atoms with van der Waals surface area (Å²) in [5.74, 6) is 0. The Balaban J connectivity index is 2.35. The third kappa shape index (κ3) is 2.10. The normalized spacial score (nSPS) is 33.0. The van der Waals surface area contributed by atoms with Crippen molar-refractivity contribution in [3.8, 4) is 0 Å². The second-order valence-electron chi connectivity index (χ2n) is 3.06. The molecule has 3 heteroatoms. The van der Waals surface area contributed by atoms with Crippen LogP contribution >= 0.6 is 11.8 Å². The zero-order chi connectivity index (χ0) is 8.27. The molecule has 0 unspecified atom stereocenters. The largest absolute Gasteiger partial charge is 0.395 e. The molecule has 0 amide bonds. The number of rotatable bonds is 3. The topological polar surface area (TPSA) is 23.5 Å². The zero-order valence-electron chi connectivity index (χ0n) is 7.29. The molecule has 2 atom stereocenters. The van der Waals surface area contributed by atoms with E-state index in [1.54, 1.807) is 0 Å². The Morgan fingerprint density at radius 3 is 2.82 bits per heavy atom. The summed E-state index contributed by atoms with van der Waals surface area (Å²) >= 11 is 1.95. The molecule has 0 spiro atoms. The van der Waals surface area contributed by atoms with Crippen LogP contribution in [-0.2, 0) is 0 Å². The van der Waals surface area contributed by atoms with Gasteiger partial charge in [0.05, 0.1) is 6.61 Å². The second kappa shape index (κ2) is 4.33. The Hall–Kier alpha value is 0.270. The molecule has 0 aromatic rings. The second-order valence-corrected chi connectivity index (χ2v) is 4.14. The number of thioether (sulfide) groups is 1. The van der Waals surface area contributed by atoms with Crippen LogP contribution in [0, 0.1) is 0 Å². The van der Waals surface area contributed by atoms with E-state index in [4.69, 9.17) is 5.11 Å². The minimum absolute atomic E-state index is 0.297. The van der Waals surface area contributed by atoms with Crippen molar-refractivity contribution in [3.05, 3.63) is 0 Å². The number of hydrogen-bond donors (Lipinski definition) is 1. The average molecular weight is 175 g/mol. The predicted molar refractivity (Wildman–Crippen MR) is 50.0 cm³/mol. The highest BCUT2D eigenvalue weighted by atomic mass is 32.2. The highest BCUT2D eigenvalue weighted by Crippen LogP contribution is 2.26. The molecule has 0 aromatic carbocycles. The van der Waals surface area contributed by atoms with Crippen LogP contribution in [0.15, 0.2) is 0 Å². The van der Waals surface area contributed by atoms with Gasteiger partial charge < -0.3 is 5.11 Å². The highest BCUT2D eigenvalue weighted by Gasteiger charge is 2.28. The first-order chi connectivity index (χ1) is 5.29. The van der Waals surface area contributed by atoms with Crippen LogP contribution < -0.4 is 0 Å². The van der Waals surface area contributed by atoms with Gasteiger partial charge >= 0.3 is 0 Å². The fraction of sp³-hybridized carbons (Fsp3) is 1.00. The van der Waals surface area contributed by atoms with Gasteiger partial charge in [0.2, 0.25) is 0 Å². The fourth-order valence-electron chi connectivity index (χ4n) is 1.73. The van der Waals surface area contributed by atoms with E-state index in [-0.39, 0.29) is 0 Å². The van der Waals surface area contributed by atoms with Crippen molar-refractivity contribution in [2.75, 3.05) is 26.0 Å². The molecule has 1 heterocycles. The summed E-state index contributed by atoms with van der Waals surface area (Å²) in [4.78, 5) is 2.36. The van der Waals surface area contributed by atoms with E-state index >= 15 is 0 Å². The fourth-order valence-corrected chi connectivity index (χ4v) is 2.64. The standard InChI is InChI=1S/C8H17NOS/c1-7-8(11-2)3-4-9(7)5-6-10/h7-8,10H,3-6H2,1-2H3/t7-,8+/m0/s1. The molecule has 1 aliphatic heterocycles. The van der Waals surface area contributed by atoms with E-state index in [2.05, 4.69) is 18.1 Å². The predicted octanol–water partition coefficient (Wildman–Crippen LogP) is 0.804. The van der Waals surface area contributed by atoms with Crippen LogP contribution in [0.5, 0.6) is 0 Å². The molecule has 1 fully saturated rings. The molecule has 1 rings (SSSR count). The van der Waals surface area contributed by atoms with E-state index in [0.29, 0.717) is 12.6 Å². The quantitative estimate of drug-likeness (QED) is 0.686. The van der Waals surface area contributed by atoms with Crippen molar-refractivity contribution < 1.29 is 5.11 Å². The third-order valence-electron chi connectivity index (χ3n) is 2.50. The van der Waals surface area contributed by atoms with E-state index in [9.17, 15) is 0 Å². The number of hydrogen-bond acceptors (Lipinski definition) is 3. The SMILES string of the molecule is CS[C@@H]1CCN(CCO)[C@H]1C. The molecule has 11 heavy (non-hydrogen) atoms. The Kier molecular flexibility index (Phi) is 3.69. The number of β-amino-alcohol motifs (C(OH)–C–C–N with tert-alkyl or cyclic N) is 1. The molecular weight excluding hydrogens is 158 g/mol. The molecular formula is C8H17NOS. The summed E-state index contributed by atoms with van der Waals surface area (Å²) < 4.78 is 0. The minimum Gasteiger partial charge on any atom is -0.395 e. The smallest absolute Gasteiger partial charge is 0.0558 e. The molecule has 0 aromatic heterocycles. The van der Waals surface area contributed by atoms with Crippen LogP contribution in [-0.4, -0.2) is 47.3 Å². The minimum atomic E-state index is 0.297. The third-order valence-corrected chi connectivity index (χ3v) is 3.74. The molecule has 2 nitrogen and oxygen atoms in total. The van der Waals surface area contributed by atoms with Gasteiger partial charge in [0.1, 0.15) is 0 Å². The monoisotopic (exact) mass is 175 g/mol. The first kappa shape index (κ1) is 9.36. The van der Waals surface area contributed by atoms with Crippen molar-refractivity contribution in [2.24, 2.45) is 0 Å². The molecule has 1 saturated heterocycles. The molecule has 1 aliphatic rings. The maximum Gasteiger partial charge on any atom is 0.0558 e. The lowest BCUT2D eigenvalue weighted by atomic mass is 10.2. The number of likely N-dealkylation sites (tertiary alicyclic amines) is 1. The first-order valence-electron chi connectivity index (χ1n) is 4.17. The van der Waals surface area contributed by atoms with Crippen LogP contribution in [0.1, 0.15) is 13.3 Å². The number of nitrogens with zero attached hydrogens (tertiary/aromatic N) is 1. The van der Waals surface area contributed by atoms with Crippen LogP contribution in [0.3, 0.4) is 0 Å². The van der Waals surface area contributed by atoms with Gasteiger partial charge in [0, 0.05) is 17.8 Å². The van der Waals surface area contributed by atoms with Crippen molar-refractivity contribution in [2.45, 2.75) is 24.6 Å². The van der Waals surface area contributed by atoms with Crippen molar-refractivity contribution in [1.82, 2.24) is 4.90 Å². The lowest BCUT2D eigenvalue weighted by molar-refractivity contribution is 0.193. The van der Waals surface area contributed by atoms with Gasteiger partial charge in [-0.1, -0.05) is 0 Å². The van der Waals surface area contributed by atoms with Gasteiger partial charge in [-0.3, -0.25) is 4.90 Å². The van der Waals surface area contributed by atoms with Crippen molar-refractivity contribution in [3.63, 3.8) is 0 Å². The lowest BCUT2D eigenvalue weighted by Gasteiger charge is -2.22. The van der Waals surface area contributed by atoms with E-state index in [1.165, 1.54) is 6.42 Å². The molecule has 0 radical (unpaired) electrons. The van der Waals surface area contributed by atoms with E-state index in [0.717, 1.165) is 18.3 Å². The lowest BCUT2D eigenvalue weighted by Crippen LogP contribution is -2.33. The van der Waals surface area contributed by atoms with Gasteiger partial charge in [0.15, 0.2) is 0 Å². The summed E-state index contributed by atoms with van der Waals surface area (Å²) in [5.41, 5.74) is 0. The summed E-state index contributed by atoms with van der Waals surface area (Å²) in [5, 5.41) is 9.53. The summed E-state index contributed by atoms with van der Waals surface area (Å²) in [6.07, 6.45) is 3.45. The van der Waals surface area contributed by atoms with Gasteiger partial charge in [-0.05, 0) is 26.1 Å². The van der Waals surface area contributed by atoms with Crippen molar-refractivity contribution in [1.29, 1.82) is 0 Å². The van der Waals surface area contributed by atoms with Crippen LogP contribution in [0.25, 0.3) is 0 Å². The maximum atomic E-state index is 8.75. The highest BCUT2D eigenvalue weighted by molar-refractivity contribution is 7.99. The van der Waals surface area contributed by atoms with Crippen LogP contribution in [0.4, 0.5) is 0 Å². The first-order valence-corrected chi connectivity index (χ1v) is 5.46. The molecule has 66 valence electrons. The Bertz CT molecular complexity index is 121. The summed E-state index contributed by atoms with van der Waals surface area (Å²) in [6, 6.07) is 0.650. The number of aliphatic hydroxyl groups is 1. The molecule has 0 bridgehead atoms. The zero-order valence-corrected chi connectivity index (χ0v) is 8.10. The number of aliphatic hydroxyl groups excluding tert-OH is 1. The van der Waals surface area contributed by atoms with Gasteiger partial charge in [-0.2, -0.15) is 11.8 Å². The maximum absolute atomic E-state index is 8.75. The molecule has 0 saturated carbocycles. The Morgan fingerprint density at radius 1 is 1.64 bits per heavy atom. The molecule has 0 aliphatic carbocycles. The van der Waals surface area contributed by atoms with Gasteiger partial charge in [-0.15, -0.1) is 0 Å². The van der Waals surface area contributed by atoms with Crippen LogP contribution in [0.2, 0.25) is 0 Å². The Morgan fingerprint density at radius 2 is 2.36 bits per heavy atom. The van der Waals surface area contributed by atoms with Gasteiger partial charge in [-0.25, -0.2) is 0 Å². The summed E-state index contributed by atoms with van der Waals surface area (Å²) in [6.45, 7) is 4.56. The van der Waals surface area contributed by atoms with E-state index < -0.39 is 0 Å². The molecule has 1 N–H and O–H groups in total. The van der Waals surface area contributed by atoms with Crippen molar-refractivity contribution >= 4 is 11.8 Å². The average Bonchev–Trinajstić information content (AvgIpc) is 2.34. The Labute approximate surface area is 73.0 Å². The summed E-state index contributed by atoms with van der Waals surface area (Å²) in [7, 11) is 0. The van der Waals surface area contributed by atoms with E-state index in [1.807, 2.05) is 11.8 Å². The van der Waals surface area contributed by atoms with Gasteiger partial charge in [0.25, 0.3) is 0 Å².